The maximum atomic E-state index is 13.9. The van der Waals surface area contributed by atoms with Gasteiger partial charge in [0.15, 0.2) is 0 Å². The first kappa shape index (κ1) is 18.6. The molecule has 1 heterocycles. The molecule has 4 heteroatoms. The Morgan fingerprint density at radius 1 is 0.933 bits per heavy atom. The zero-order valence-electron chi connectivity index (χ0n) is 17.3. The average molecular weight is 397 g/mol. The molecule has 0 saturated carbocycles. The lowest BCUT2D eigenvalue weighted by Crippen LogP contribution is -2.43. The smallest absolute Gasteiger partial charge is 0.320 e. The van der Waals surface area contributed by atoms with E-state index in [1.54, 1.807) is 4.90 Å². The summed E-state index contributed by atoms with van der Waals surface area (Å²) in [5.41, 5.74) is 3.56. The van der Waals surface area contributed by atoms with Crippen molar-refractivity contribution in [3.63, 3.8) is 0 Å². The number of esters is 1. The predicted octanol–water partition coefficient (Wildman–Crippen LogP) is 4.12. The van der Waals surface area contributed by atoms with Gasteiger partial charge in [0.25, 0.3) is 0 Å². The Kier molecular flexibility index (Phi) is 3.91. The SMILES string of the molecule is COC(=O)C1(c2ccccc2)CC2(C(=O)N(C)c3ccc(C)cc32)c2ccccc21. The highest BCUT2D eigenvalue weighted by molar-refractivity contribution is 6.12. The third-order valence-corrected chi connectivity index (χ3v) is 6.82. The third-order valence-electron chi connectivity index (χ3n) is 6.82. The molecule has 3 aromatic rings. The Balaban J connectivity index is 1.89. The highest BCUT2D eigenvalue weighted by atomic mass is 16.5. The Bertz CT molecular complexity index is 1190. The third kappa shape index (κ3) is 2.11. The second kappa shape index (κ2) is 6.30. The van der Waals surface area contributed by atoms with Gasteiger partial charge in [-0.2, -0.15) is 0 Å². The Labute approximate surface area is 176 Å². The minimum atomic E-state index is -1.05. The maximum Gasteiger partial charge on any atom is 0.320 e. The molecule has 0 fully saturated rings. The van der Waals surface area contributed by atoms with Gasteiger partial charge in [-0.3, -0.25) is 9.59 Å². The topological polar surface area (TPSA) is 46.6 Å². The van der Waals surface area contributed by atoms with Crippen LogP contribution in [0.4, 0.5) is 5.69 Å². The molecule has 3 aromatic carbocycles. The first-order valence-electron chi connectivity index (χ1n) is 10.1. The molecule has 1 aliphatic carbocycles. The standard InChI is InChI=1S/C26H23NO3/c1-17-13-14-22-21(15-17)26(23(28)27(22)2)16-25(24(29)30-3,18-9-5-4-6-10-18)19-11-7-8-12-20(19)26/h4-15H,16H2,1-3H3. The fraction of sp³-hybridized carbons (Fsp3) is 0.231. The van der Waals surface area contributed by atoms with Crippen molar-refractivity contribution in [3.05, 3.63) is 101 Å². The summed E-state index contributed by atoms with van der Waals surface area (Å²) in [7, 11) is 3.23. The van der Waals surface area contributed by atoms with Crippen molar-refractivity contribution < 1.29 is 14.3 Å². The van der Waals surface area contributed by atoms with Crippen molar-refractivity contribution in [2.24, 2.45) is 0 Å². The Morgan fingerprint density at radius 3 is 2.30 bits per heavy atom. The van der Waals surface area contributed by atoms with E-state index in [1.807, 2.05) is 80.7 Å². The van der Waals surface area contributed by atoms with Crippen LogP contribution in [0.3, 0.4) is 0 Å². The van der Waals surface area contributed by atoms with Gasteiger partial charge in [-0.15, -0.1) is 0 Å². The molecule has 2 aliphatic rings. The van der Waals surface area contributed by atoms with Crippen LogP contribution in [0.15, 0.2) is 72.8 Å². The van der Waals surface area contributed by atoms with Gasteiger partial charge in [0, 0.05) is 12.7 Å². The average Bonchev–Trinajstić information content (AvgIpc) is 3.21. The molecule has 2 unspecified atom stereocenters. The summed E-state index contributed by atoms with van der Waals surface area (Å²) >= 11 is 0. The van der Waals surface area contributed by atoms with E-state index in [0.29, 0.717) is 6.42 Å². The molecule has 1 spiro atoms. The van der Waals surface area contributed by atoms with E-state index in [4.69, 9.17) is 4.74 Å². The number of carbonyl (C=O) groups excluding carboxylic acids is 2. The number of nitrogens with zero attached hydrogens (tertiary/aromatic N) is 1. The molecule has 0 bridgehead atoms. The number of hydrogen-bond donors (Lipinski definition) is 0. The van der Waals surface area contributed by atoms with Crippen LogP contribution < -0.4 is 4.90 Å². The minimum Gasteiger partial charge on any atom is -0.468 e. The van der Waals surface area contributed by atoms with Crippen LogP contribution in [0, 0.1) is 6.92 Å². The Morgan fingerprint density at radius 2 is 1.60 bits per heavy atom. The van der Waals surface area contributed by atoms with Gasteiger partial charge >= 0.3 is 5.97 Å². The quantitative estimate of drug-likeness (QED) is 0.611. The number of fused-ring (bicyclic) bond motifs is 4. The van der Waals surface area contributed by atoms with Crippen molar-refractivity contribution in [1.82, 2.24) is 0 Å². The summed E-state index contributed by atoms with van der Waals surface area (Å²) in [5, 5.41) is 0. The molecule has 1 amide bonds. The normalized spacial score (nSPS) is 24.1. The van der Waals surface area contributed by atoms with Gasteiger partial charge in [0.1, 0.15) is 10.8 Å². The molecule has 0 radical (unpaired) electrons. The molecule has 4 nitrogen and oxygen atoms in total. The largest absolute Gasteiger partial charge is 0.468 e. The monoisotopic (exact) mass is 397 g/mol. The summed E-state index contributed by atoms with van der Waals surface area (Å²) in [6.45, 7) is 2.03. The van der Waals surface area contributed by atoms with Crippen molar-refractivity contribution in [1.29, 1.82) is 0 Å². The zero-order valence-corrected chi connectivity index (χ0v) is 17.3. The number of aryl methyl sites for hydroxylation is 1. The van der Waals surface area contributed by atoms with E-state index in [1.165, 1.54) is 7.11 Å². The van der Waals surface area contributed by atoms with E-state index < -0.39 is 10.8 Å². The van der Waals surface area contributed by atoms with Gasteiger partial charge in [0.05, 0.1) is 7.11 Å². The molecule has 150 valence electrons. The summed E-state index contributed by atoms with van der Waals surface area (Å²) in [6.07, 6.45) is 0.315. The number of anilines is 1. The lowest BCUT2D eigenvalue weighted by atomic mass is 9.70. The van der Waals surface area contributed by atoms with Crippen LogP contribution >= 0.6 is 0 Å². The summed E-state index contributed by atoms with van der Waals surface area (Å²) in [5.74, 6) is -0.341. The summed E-state index contributed by atoms with van der Waals surface area (Å²) in [6, 6.07) is 23.6. The predicted molar refractivity (Wildman–Crippen MR) is 116 cm³/mol. The van der Waals surface area contributed by atoms with Gasteiger partial charge in [-0.25, -0.2) is 0 Å². The van der Waals surface area contributed by atoms with Crippen LogP contribution in [0.1, 0.15) is 34.2 Å². The van der Waals surface area contributed by atoms with Crippen LogP contribution in [0.2, 0.25) is 0 Å². The van der Waals surface area contributed by atoms with Crippen molar-refractivity contribution in [3.8, 4) is 0 Å². The van der Waals surface area contributed by atoms with Crippen molar-refractivity contribution in [2.75, 3.05) is 19.1 Å². The minimum absolute atomic E-state index is 0.00254. The fourth-order valence-electron chi connectivity index (χ4n) is 5.50. The molecule has 0 saturated heterocycles. The molecule has 0 aromatic heterocycles. The van der Waals surface area contributed by atoms with E-state index in [2.05, 4.69) is 6.07 Å². The lowest BCUT2D eigenvalue weighted by Gasteiger charge is -2.30. The molecule has 0 N–H and O–H groups in total. The van der Waals surface area contributed by atoms with Crippen LogP contribution in [0.25, 0.3) is 0 Å². The number of benzene rings is 3. The summed E-state index contributed by atoms with van der Waals surface area (Å²) < 4.78 is 5.36. The number of hydrogen-bond acceptors (Lipinski definition) is 3. The molecule has 5 rings (SSSR count). The first-order chi connectivity index (χ1) is 14.5. The number of carbonyl (C=O) groups is 2. The van der Waals surface area contributed by atoms with Crippen molar-refractivity contribution in [2.45, 2.75) is 24.2 Å². The van der Waals surface area contributed by atoms with E-state index in [-0.39, 0.29) is 11.9 Å². The van der Waals surface area contributed by atoms with E-state index in [9.17, 15) is 9.59 Å². The van der Waals surface area contributed by atoms with Crippen LogP contribution in [0.5, 0.6) is 0 Å². The van der Waals surface area contributed by atoms with Gasteiger partial charge in [-0.1, -0.05) is 72.3 Å². The number of rotatable bonds is 2. The molecule has 2 atom stereocenters. The Hall–Kier alpha value is -3.40. The van der Waals surface area contributed by atoms with Gasteiger partial charge < -0.3 is 9.64 Å². The van der Waals surface area contributed by atoms with Crippen LogP contribution in [-0.4, -0.2) is 26.0 Å². The maximum absolute atomic E-state index is 13.9. The fourth-order valence-corrected chi connectivity index (χ4v) is 5.50. The van der Waals surface area contributed by atoms with E-state index >= 15 is 0 Å². The highest BCUT2D eigenvalue weighted by Crippen LogP contribution is 2.60. The number of methoxy groups -OCH3 is 1. The van der Waals surface area contributed by atoms with Crippen molar-refractivity contribution >= 4 is 17.6 Å². The lowest BCUT2D eigenvalue weighted by molar-refractivity contribution is -0.146. The van der Waals surface area contributed by atoms with Gasteiger partial charge in [-0.05, 0) is 41.7 Å². The first-order valence-corrected chi connectivity index (χ1v) is 10.1. The molecule has 1 aliphatic heterocycles. The summed E-state index contributed by atoms with van der Waals surface area (Å²) in [4.78, 5) is 29.0. The number of ether oxygens (including phenoxy) is 1. The molecule has 30 heavy (non-hydrogen) atoms. The number of amides is 1. The zero-order chi connectivity index (χ0) is 21.1. The number of likely N-dealkylation sites (N-methyl/N-ethyl adjacent to an activating group) is 1. The second-order valence-corrected chi connectivity index (χ2v) is 8.28. The van der Waals surface area contributed by atoms with Crippen LogP contribution in [-0.2, 0) is 25.2 Å². The molecular weight excluding hydrogens is 374 g/mol. The van der Waals surface area contributed by atoms with E-state index in [0.717, 1.165) is 33.5 Å². The van der Waals surface area contributed by atoms with Gasteiger partial charge in [0.2, 0.25) is 5.91 Å². The molecular formula is C26H23NO3. The second-order valence-electron chi connectivity index (χ2n) is 8.28. The highest BCUT2D eigenvalue weighted by Gasteiger charge is 2.64.